The number of rotatable bonds is 6. The third kappa shape index (κ3) is 5.85. The Hall–Kier alpha value is -1.34. The van der Waals surface area contributed by atoms with E-state index in [1.165, 1.54) is 6.07 Å². The molecule has 160 valence electrons. The minimum absolute atomic E-state index is 0.0520. The molecule has 0 aliphatic carbocycles. The zero-order valence-electron chi connectivity index (χ0n) is 16.8. The minimum atomic E-state index is -0.593. The summed E-state index contributed by atoms with van der Waals surface area (Å²) < 4.78 is 11.2. The third-order valence-electron chi connectivity index (χ3n) is 5.37. The van der Waals surface area contributed by atoms with Crippen molar-refractivity contribution in [2.45, 2.75) is 45.4 Å². The zero-order chi connectivity index (χ0) is 21.0. The molecule has 29 heavy (non-hydrogen) atoms. The molecule has 2 heterocycles. The number of likely N-dealkylation sites (tertiary alicyclic amines) is 1. The molecule has 2 amide bonds. The number of amides is 2. The van der Waals surface area contributed by atoms with Gasteiger partial charge in [0.25, 0.3) is 5.91 Å². The highest BCUT2D eigenvalue weighted by molar-refractivity contribution is 6.36. The van der Waals surface area contributed by atoms with Gasteiger partial charge in [-0.25, -0.2) is 0 Å². The van der Waals surface area contributed by atoms with Crippen molar-refractivity contribution in [1.82, 2.24) is 10.2 Å². The smallest absolute Gasteiger partial charge is 0.253 e. The molecule has 0 spiro atoms. The fraction of sp³-hybridized carbons (Fsp3) is 0.619. The van der Waals surface area contributed by atoms with Gasteiger partial charge in [-0.05, 0) is 43.4 Å². The molecule has 8 heteroatoms. The predicted molar refractivity (Wildman–Crippen MR) is 112 cm³/mol. The van der Waals surface area contributed by atoms with Crippen molar-refractivity contribution in [3.05, 3.63) is 33.8 Å². The Bertz CT molecular complexity index is 729. The van der Waals surface area contributed by atoms with E-state index in [1.54, 1.807) is 12.1 Å². The van der Waals surface area contributed by atoms with Gasteiger partial charge in [0.1, 0.15) is 6.04 Å². The molecule has 6 nitrogen and oxygen atoms in total. The van der Waals surface area contributed by atoms with Crippen LogP contribution in [0.1, 0.15) is 43.5 Å². The summed E-state index contributed by atoms with van der Waals surface area (Å²) in [6, 6.07) is 4.11. The molecule has 0 radical (unpaired) electrons. The second-order valence-electron chi connectivity index (χ2n) is 8.05. The summed E-state index contributed by atoms with van der Waals surface area (Å²) in [6.45, 7) is 6.61. The fourth-order valence-corrected chi connectivity index (χ4v) is 4.36. The average molecular weight is 443 g/mol. The van der Waals surface area contributed by atoms with Gasteiger partial charge in [-0.15, -0.1) is 0 Å². The van der Waals surface area contributed by atoms with Gasteiger partial charge in [-0.2, -0.15) is 0 Å². The molecular weight excluding hydrogens is 415 g/mol. The van der Waals surface area contributed by atoms with E-state index in [1.807, 2.05) is 18.7 Å². The first kappa shape index (κ1) is 22.3. The van der Waals surface area contributed by atoms with Crippen molar-refractivity contribution < 1.29 is 19.1 Å². The molecule has 1 N–H and O–H groups in total. The standard InChI is InChI=1S/C21H28Cl2N2O4/c1-13(2)11-18(24-19(26)16-4-3-15(22)12-17(16)23)20(27)25-7-5-14(6-8-25)21-28-9-10-29-21/h3-4,12-14,18,21H,5-11H2,1-2H3,(H,24,26). The number of hydrogen-bond donors (Lipinski definition) is 1. The van der Waals surface area contributed by atoms with Gasteiger partial charge in [0.05, 0.1) is 23.8 Å². The minimum Gasteiger partial charge on any atom is -0.350 e. The maximum Gasteiger partial charge on any atom is 0.253 e. The molecule has 2 aliphatic heterocycles. The van der Waals surface area contributed by atoms with Gasteiger partial charge in [0.2, 0.25) is 5.91 Å². The first-order valence-corrected chi connectivity index (χ1v) is 10.9. The van der Waals surface area contributed by atoms with Gasteiger partial charge in [-0.3, -0.25) is 9.59 Å². The lowest BCUT2D eigenvalue weighted by Gasteiger charge is -2.36. The van der Waals surface area contributed by atoms with Crippen molar-refractivity contribution in [1.29, 1.82) is 0 Å². The number of carbonyl (C=O) groups is 2. The van der Waals surface area contributed by atoms with Crippen molar-refractivity contribution in [2.75, 3.05) is 26.3 Å². The molecule has 0 bridgehead atoms. The second kappa shape index (κ2) is 10.1. The number of piperidine rings is 1. The molecule has 2 saturated heterocycles. The molecule has 0 aromatic heterocycles. The number of ether oxygens (including phenoxy) is 2. The van der Waals surface area contributed by atoms with Gasteiger partial charge >= 0.3 is 0 Å². The Kier molecular flexibility index (Phi) is 7.79. The van der Waals surface area contributed by atoms with Gasteiger partial charge in [0.15, 0.2) is 6.29 Å². The SMILES string of the molecule is CC(C)CC(NC(=O)c1ccc(Cl)cc1Cl)C(=O)N1CCC(C2OCCO2)CC1. The summed E-state index contributed by atoms with van der Waals surface area (Å²) >= 11 is 12.1. The lowest BCUT2D eigenvalue weighted by atomic mass is 9.94. The van der Waals surface area contributed by atoms with Crippen molar-refractivity contribution in [3.8, 4) is 0 Å². The molecule has 1 unspecified atom stereocenters. The van der Waals surface area contributed by atoms with E-state index in [2.05, 4.69) is 5.32 Å². The van der Waals surface area contributed by atoms with E-state index in [-0.39, 0.29) is 29.0 Å². The van der Waals surface area contributed by atoms with Crippen LogP contribution in [0.3, 0.4) is 0 Å². The molecular formula is C21H28Cl2N2O4. The average Bonchev–Trinajstić information content (AvgIpc) is 3.21. The van der Waals surface area contributed by atoms with Crippen LogP contribution in [0.5, 0.6) is 0 Å². The predicted octanol–water partition coefficient (Wildman–Crippen LogP) is 3.75. The Morgan fingerprint density at radius 3 is 2.41 bits per heavy atom. The third-order valence-corrected chi connectivity index (χ3v) is 5.92. The summed E-state index contributed by atoms with van der Waals surface area (Å²) in [5, 5.41) is 3.61. The van der Waals surface area contributed by atoms with Gasteiger partial charge < -0.3 is 19.7 Å². The first-order chi connectivity index (χ1) is 13.8. The molecule has 1 aromatic carbocycles. The summed E-state index contributed by atoms with van der Waals surface area (Å²) in [5.41, 5.74) is 0.312. The van der Waals surface area contributed by atoms with Crippen LogP contribution >= 0.6 is 23.2 Å². The van der Waals surface area contributed by atoms with E-state index in [9.17, 15) is 9.59 Å². The maximum absolute atomic E-state index is 13.2. The quantitative estimate of drug-likeness (QED) is 0.728. The topological polar surface area (TPSA) is 67.9 Å². The van der Waals surface area contributed by atoms with E-state index in [0.29, 0.717) is 49.2 Å². The van der Waals surface area contributed by atoms with Crippen LogP contribution in [0.25, 0.3) is 0 Å². The molecule has 2 aliphatic rings. The second-order valence-corrected chi connectivity index (χ2v) is 8.90. The lowest BCUT2D eigenvalue weighted by molar-refractivity contribution is -0.139. The van der Waals surface area contributed by atoms with Crippen molar-refractivity contribution in [3.63, 3.8) is 0 Å². The van der Waals surface area contributed by atoms with Crippen LogP contribution < -0.4 is 5.32 Å². The highest BCUT2D eigenvalue weighted by atomic mass is 35.5. The Balaban J connectivity index is 1.63. The zero-order valence-corrected chi connectivity index (χ0v) is 18.3. The number of nitrogens with one attached hydrogen (secondary N) is 1. The van der Waals surface area contributed by atoms with E-state index in [4.69, 9.17) is 32.7 Å². The van der Waals surface area contributed by atoms with Gasteiger partial charge in [0, 0.05) is 24.0 Å². The number of benzene rings is 1. The van der Waals surface area contributed by atoms with E-state index in [0.717, 1.165) is 12.8 Å². The van der Waals surface area contributed by atoms with E-state index >= 15 is 0 Å². The van der Waals surface area contributed by atoms with Crippen molar-refractivity contribution in [2.24, 2.45) is 11.8 Å². The van der Waals surface area contributed by atoms with Crippen LogP contribution in [0, 0.1) is 11.8 Å². The normalized spacial score (nSPS) is 19.6. The van der Waals surface area contributed by atoms with Crippen LogP contribution in [0.15, 0.2) is 18.2 Å². The highest BCUT2D eigenvalue weighted by Gasteiger charge is 2.34. The summed E-state index contributed by atoms with van der Waals surface area (Å²) in [5.74, 6) is 0.146. The van der Waals surface area contributed by atoms with Crippen molar-refractivity contribution >= 4 is 35.0 Å². The highest BCUT2D eigenvalue weighted by Crippen LogP contribution is 2.27. The largest absolute Gasteiger partial charge is 0.350 e. The van der Waals surface area contributed by atoms with Crippen LogP contribution in [0.4, 0.5) is 0 Å². The Morgan fingerprint density at radius 1 is 1.17 bits per heavy atom. The first-order valence-electron chi connectivity index (χ1n) is 10.1. The molecule has 2 fully saturated rings. The summed E-state index contributed by atoms with van der Waals surface area (Å²) in [4.78, 5) is 27.7. The summed E-state index contributed by atoms with van der Waals surface area (Å²) in [7, 11) is 0. The van der Waals surface area contributed by atoms with E-state index < -0.39 is 6.04 Å². The van der Waals surface area contributed by atoms with Gasteiger partial charge in [-0.1, -0.05) is 37.0 Å². The van der Waals surface area contributed by atoms with Crippen LogP contribution in [-0.4, -0.2) is 55.3 Å². The summed E-state index contributed by atoms with van der Waals surface area (Å²) in [6.07, 6.45) is 2.08. The fourth-order valence-electron chi connectivity index (χ4n) is 3.86. The molecule has 1 atom stereocenters. The number of hydrogen-bond acceptors (Lipinski definition) is 4. The number of nitrogens with zero attached hydrogens (tertiary/aromatic N) is 1. The molecule has 0 saturated carbocycles. The monoisotopic (exact) mass is 442 g/mol. The Morgan fingerprint density at radius 2 is 1.83 bits per heavy atom. The number of carbonyl (C=O) groups excluding carboxylic acids is 2. The molecule has 1 aromatic rings. The lowest BCUT2D eigenvalue weighted by Crippen LogP contribution is -2.52. The van der Waals surface area contributed by atoms with Crippen LogP contribution in [0.2, 0.25) is 10.0 Å². The van der Waals surface area contributed by atoms with Crippen LogP contribution in [-0.2, 0) is 14.3 Å². The Labute approximate surface area is 181 Å². The maximum atomic E-state index is 13.2. The number of halogens is 2. The molecule has 3 rings (SSSR count).